The number of hydrogen-bond acceptors (Lipinski definition) is 3. The summed E-state index contributed by atoms with van der Waals surface area (Å²) in [4.78, 5) is 11.1. The minimum absolute atomic E-state index is 0.247. The predicted octanol–water partition coefficient (Wildman–Crippen LogP) is 2.96. The van der Waals surface area contributed by atoms with Gasteiger partial charge in [0.05, 0.1) is 0 Å². The van der Waals surface area contributed by atoms with Crippen LogP contribution in [0.4, 0.5) is 4.39 Å². The summed E-state index contributed by atoms with van der Waals surface area (Å²) in [7, 11) is 0. The van der Waals surface area contributed by atoms with Gasteiger partial charge >= 0.3 is 5.97 Å². The average molecular weight is 283 g/mol. The van der Waals surface area contributed by atoms with Crippen molar-refractivity contribution in [2.24, 2.45) is 0 Å². The molecule has 0 radical (unpaired) electrons. The summed E-state index contributed by atoms with van der Waals surface area (Å²) < 4.78 is 18.8. The Labute approximate surface area is 119 Å². The van der Waals surface area contributed by atoms with E-state index in [2.05, 4.69) is 5.32 Å². The van der Waals surface area contributed by atoms with Crippen molar-refractivity contribution >= 4 is 5.97 Å². The fourth-order valence-electron chi connectivity index (χ4n) is 1.76. The number of halogens is 1. The molecule has 112 valence electrons. The lowest BCUT2D eigenvalue weighted by Gasteiger charge is -2.18. The Hall–Kier alpha value is -1.62. The second-order valence-electron chi connectivity index (χ2n) is 5.02. The number of nitrogens with one attached hydrogen (secondary N) is 1. The topological polar surface area (TPSA) is 58.6 Å². The lowest BCUT2D eigenvalue weighted by Crippen LogP contribution is -2.28. The zero-order chi connectivity index (χ0) is 15.1. The van der Waals surface area contributed by atoms with Gasteiger partial charge in [-0.1, -0.05) is 27.2 Å². The van der Waals surface area contributed by atoms with Crippen molar-refractivity contribution < 1.29 is 19.0 Å². The molecule has 0 aliphatic carbocycles. The van der Waals surface area contributed by atoms with Crippen LogP contribution in [0.5, 0.6) is 5.75 Å². The highest BCUT2D eigenvalue weighted by molar-refractivity contribution is 5.72. The Morgan fingerprint density at radius 3 is 2.70 bits per heavy atom. The number of aliphatic carboxylic acids is 1. The molecular formula is C15H22FNO3. The normalized spacial score (nSPS) is 12.4. The van der Waals surface area contributed by atoms with E-state index in [9.17, 15) is 9.18 Å². The minimum atomic E-state index is -1.00. The molecule has 0 saturated heterocycles. The van der Waals surface area contributed by atoms with Gasteiger partial charge in [0.2, 0.25) is 0 Å². The Morgan fingerprint density at radius 1 is 1.45 bits per heavy atom. The van der Waals surface area contributed by atoms with Crippen LogP contribution >= 0.6 is 0 Å². The summed E-state index contributed by atoms with van der Waals surface area (Å²) in [6.07, 6.45) is 0.227. The zero-order valence-electron chi connectivity index (χ0n) is 12.1. The third kappa shape index (κ3) is 5.17. The minimum Gasteiger partial charge on any atom is -0.479 e. The molecule has 1 unspecified atom stereocenters. The second-order valence-corrected chi connectivity index (χ2v) is 5.02. The van der Waals surface area contributed by atoms with Crippen LogP contribution in [0.1, 0.15) is 39.2 Å². The molecule has 1 aromatic carbocycles. The molecule has 1 rings (SSSR count). The lowest BCUT2D eigenvalue weighted by molar-refractivity contribution is -0.145. The summed E-state index contributed by atoms with van der Waals surface area (Å²) in [5.41, 5.74) is 0.626. The highest BCUT2D eigenvalue weighted by Crippen LogP contribution is 2.22. The van der Waals surface area contributed by atoms with Gasteiger partial charge in [0.1, 0.15) is 11.6 Å². The van der Waals surface area contributed by atoms with Gasteiger partial charge in [0.25, 0.3) is 0 Å². The van der Waals surface area contributed by atoms with E-state index in [-0.39, 0.29) is 11.9 Å². The molecule has 4 nitrogen and oxygen atoms in total. The maximum atomic E-state index is 13.3. The maximum absolute atomic E-state index is 13.3. The van der Waals surface area contributed by atoms with Gasteiger partial charge < -0.3 is 15.2 Å². The fraction of sp³-hybridized carbons (Fsp3) is 0.533. The van der Waals surface area contributed by atoms with Gasteiger partial charge in [-0.3, -0.25) is 0 Å². The summed E-state index contributed by atoms with van der Waals surface area (Å²) in [6.45, 7) is 6.29. The Balaban J connectivity index is 2.89. The second kappa shape index (κ2) is 7.85. The van der Waals surface area contributed by atoms with Crippen LogP contribution in [-0.2, 0) is 11.3 Å². The number of rotatable bonds is 8. The summed E-state index contributed by atoms with van der Waals surface area (Å²) >= 11 is 0. The number of carboxylic acid groups (broad SMARTS) is 1. The van der Waals surface area contributed by atoms with Gasteiger partial charge in [-0.25, -0.2) is 9.18 Å². The van der Waals surface area contributed by atoms with Crippen LogP contribution in [0.2, 0.25) is 0 Å². The van der Waals surface area contributed by atoms with Gasteiger partial charge in [-0.15, -0.1) is 0 Å². The Bertz CT molecular complexity index is 449. The molecular weight excluding hydrogens is 261 g/mol. The number of ether oxygens (including phenoxy) is 1. The summed E-state index contributed by atoms with van der Waals surface area (Å²) in [5.74, 6) is -0.945. The van der Waals surface area contributed by atoms with Crippen LogP contribution < -0.4 is 10.1 Å². The predicted molar refractivity (Wildman–Crippen MR) is 75.3 cm³/mol. The highest BCUT2D eigenvalue weighted by Gasteiger charge is 2.19. The van der Waals surface area contributed by atoms with Gasteiger partial charge in [-0.2, -0.15) is 0 Å². The first-order valence-corrected chi connectivity index (χ1v) is 6.85. The van der Waals surface area contributed by atoms with E-state index in [1.165, 1.54) is 18.2 Å². The fourth-order valence-corrected chi connectivity index (χ4v) is 1.76. The van der Waals surface area contributed by atoms with E-state index < -0.39 is 12.1 Å². The Kier molecular flexibility index (Phi) is 6.45. The van der Waals surface area contributed by atoms with Gasteiger partial charge in [0, 0.05) is 18.2 Å². The SMILES string of the molecule is CCCC(Oc1ccc(F)cc1CNC(C)C)C(=O)O. The first-order chi connectivity index (χ1) is 9.43. The van der Waals surface area contributed by atoms with Crippen molar-refractivity contribution in [2.75, 3.05) is 0 Å². The zero-order valence-corrected chi connectivity index (χ0v) is 12.1. The molecule has 2 N–H and O–H groups in total. The molecule has 0 spiro atoms. The molecule has 0 amide bonds. The van der Waals surface area contributed by atoms with Crippen molar-refractivity contribution in [1.29, 1.82) is 0 Å². The third-order valence-electron chi connectivity index (χ3n) is 2.82. The van der Waals surface area contributed by atoms with E-state index in [0.717, 1.165) is 0 Å². The molecule has 1 atom stereocenters. The van der Waals surface area contributed by atoms with E-state index in [0.29, 0.717) is 30.7 Å². The van der Waals surface area contributed by atoms with Crippen LogP contribution in [0.3, 0.4) is 0 Å². The highest BCUT2D eigenvalue weighted by atomic mass is 19.1. The largest absolute Gasteiger partial charge is 0.479 e. The molecule has 0 heterocycles. The average Bonchev–Trinajstić information content (AvgIpc) is 2.37. The van der Waals surface area contributed by atoms with Crippen LogP contribution in [0.15, 0.2) is 18.2 Å². The van der Waals surface area contributed by atoms with E-state index in [4.69, 9.17) is 9.84 Å². The molecule has 0 bridgehead atoms. The molecule has 20 heavy (non-hydrogen) atoms. The van der Waals surface area contributed by atoms with E-state index in [1.807, 2.05) is 20.8 Å². The molecule has 0 aromatic heterocycles. The monoisotopic (exact) mass is 283 g/mol. The molecule has 0 aliphatic heterocycles. The maximum Gasteiger partial charge on any atom is 0.344 e. The smallest absolute Gasteiger partial charge is 0.344 e. The van der Waals surface area contributed by atoms with Crippen molar-refractivity contribution in [3.63, 3.8) is 0 Å². The van der Waals surface area contributed by atoms with E-state index >= 15 is 0 Å². The quantitative estimate of drug-likeness (QED) is 0.770. The molecule has 0 saturated carbocycles. The molecule has 0 aliphatic rings. The van der Waals surface area contributed by atoms with Crippen molar-refractivity contribution in [3.8, 4) is 5.75 Å². The number of carbonyl (C=O) groups is 1. The van der Waals surface area contributed by atoms with Gasteiger partial charge in [-0.05, 0) is 24.6 Å². The first-order valence-electron chi connectivity index (χ1n) is 6.85. The van der Waals surface area contributed by atoms with Crippen molar-refractivity contribution in [3.05, 3.63) is 29.6 Å². The van der Waals surface area contributed by atoms with Crippen LogP contribution in [0.25, 0.3) is 0 Å². The molecule has 5 heteroatoms. The number of hydrogen-bond donors (Lipinski definition) is 2. The third-order valence-corrected chi connectivity index (χ3v) is 2.82. The lowest BCUT2D eigenvalue weighted by atomic mass is 10.1. The number of carboxylic acids is 1. The standard InChI is InChI=1S/C15H22FNO3/c1-4-5-14(15(18)19)20-13-7-6-12(16)8-11(13)9-17-10(2)3/h6-8,10,14,17H,4-5,9H2,1-3H3,(H,18,19). The first kappa shape index (κ1) is 16.4. The summed E-state index contributed by atoms with van der Waals surface area (Å²) in [5, 5.41) is 12.3. The van der Waals surface area contributed by atoms with Gasteiger partial charge in [0.15, 0.2) is 6.10 Å². The van der Waals surface area contributed by atoms with Crippen LogP contribution in [0, 0.1) is 5.82 Å². The van der Waals surface area contributed by atoms with Crippen molar-refractivity contribution in [1.82, 2.24) is 5.32 Å². The molecule has 0 fully saturated rings. The summed E-state index contributed by atoms with van der Waals surface area (Å²) in [6, 6.07) is 4.38. The Morgan fingerprint density at radius 2 is 2.15 bits per heavy atom. The van der Waals surface area contributed by atoms with E-state index in [1.54, 1.807) is 0 Å². The number of benzene rings is 1. The molecule has 1 aromatic rings. The van der Waals surface area contributed by atoms with Crippen LogP contribution in [-0.4, -0.2) is 23.2 Å². The van der Waals surface area contributed by atoms with Crippen molar-refractivity contribution in [2.45, 2.75) is 52.3 Å².